The van der Waals surface area contributed by atoms with Crippen LogP contribution in [-0.4, -0.2) is 48.6 Å². The molecule has 1 aliphatic rings. The van der Waals surface area contributed by atoms with E-state index in [2.05, 4.69) is 53.2 Å². The van der Waals surface area contributed by atoms with E-state index in [-0.39, 0.29) is 29.4 Å². The Morgan fingerprint density at radius 1 is 1.14 bits per heavy atom. The maximum Gasteiger partial charge on any atom is 0.216 e. The number of halogens is 1. The van der Waals surface area contributed by atoms with Crippen LogP contribution in [0.15, 0.2) is 15.6 Å². The molecule has 1 aromatic heterocycles. The second kappa shape index (κ2) is 13.4. The van der Waals surface area contributed by atoms with Crippen molar-refractivity contribution < 1.29 is 4.42 Å². The van der Waals surface area contributed by atoms with E-state index >= 15 is 0 Å². The fourth-order valence-electron chi connectivity index (χ4n) is 3.25. The molecule has 1 saturated heterocycles. The van der Waals surface area contributed by atoms with E-state index in [9.17, 15) is 0 Å². The van der Waals surface area contributed by atoms with Crippen molar-refractivity contribution in [2.75, 3.05) is 32.7 Å². The zero-order chi connectivity index (χ0) is 19.5. The van der Waals surface area contributed by atoms with Gasteiger partial charge in [-0.15, -0.1) is 24.0 Å². The van der Waals surface area contributed by atoms with Crippen LogP contribution in [0.5, 0.6) is 0 Å². The molecule has 0 amide bonds. The monoisotopic (exact) mass is 505 g/mol. The molecule has 0 bridgehead atoms. The number of hydrogen-bond acceptors (Lipinski definition) is 4. The lowest BCUT2D eigenvalue weighted by atomic mass is 9.94. The number of guanidine groups is 1. The average Bonchev–Trinajstić information content (AvgIpc) is 3.13. The van der Waals surface area contributed by atoms with Gasteiger partial charge in [-0.1, -0.05) is 33.6 Å². The number of rotatable bonds is 9. The van der Waals surface area contributed by atoms with Gasteiger partial charge < -0.3 is 20.0 Å². The molecule has 7 heteroatoms. The minimum Gasteiger partial charge on any atom is -0.443 e. The summed E-state index contributed by atoms with van der Waals surface area (Å²) in [7, 11) is 0. The van der Waals surface area contributed by atoms with Crippen molar-refractivity contribution in [1.29, 1.82) is 0 Å². The maximum atomic E-state index is 5.81. The van der Waals surface area contributed by atoms with Gasteiger partial charge in [-0.25, -0.2) is 9.98 Å². The molecule has 0 atom stereocenters. The molecule has 0 aromatic carbocycles. The van der Waals surface area contributed by atoms with E-state index in [1.54, 1.807) is 0 Å². The summed E-state index contributed by atoms with van der Waals surface area (Å²) in [5.74, 6) is 2.40. The molecule has 2 N–H and O–H groups in total. The lowest BCUT2D eigenvalue weighted by molar-refractivity contribution is 0.224. The smallest absolute Gasteiger partial charge is 0.216 e. The Balaban J connectivity index is 0.00000392. The van der Waals surface area contributed by atoms with Crippen LogP contribution in [0.3, 0.4) is 0 Å². The van der Waals surface area contributed by atoms with E-state index in [0.717, 1.165) is 24.8 Å². The number of aliphatic imine (C=N–C) groups is 1. The SMILES string of the molecule is CCNC(=NCc1ncc(C(C)(C)C)o1)NCCCCCN1CCCCC1.I. The van der Waals surface area contributed by atoms with Crippen molar-refractivity contribution in [2.45, 2.75) is 78.2 Å². The highest BCUT2D eigenvalue weighted by Gasteiger charge is 2.19. The fraction of sp³-hybridized carbons (Fsp3) is 0.810. The molecule has 0 radical (unpaired) electrons. The van der Waals surface area contributed by atoms with E-state index in [0.29, 0.717) is 12.4 Å². The first-order valence-corrected chi connectivity index (χ1v) is 10.7. The van der Waals surface area contributed by atoms with Gasteiger partial charge in [0.15, 0.2) is 5.96 Å². The third-order valence-corrected chi connectivity index (χ3v) is 4.90. The van der Waals surface area contributed by atoms with Gasteiger partial charge in [-0.2, -0.15) is 0 Å². The summed E-state index contributed by atoms with van der Waals surface area (Å²) in [4.78, 5) is 11.6. The van der Waals surface area contributed by atoms with Crippen molar-refractivity contribution >= 4 is 29.9 Å². The Morgan fingerprint density at radius 2 is 1.89 bits per heavy atom. The zero-order valence-electron chi connectivity index (χ0n) is 18.2. The van der Waals surface area contributed by atoms with Crippen LogP contribution in [0, 0.1) is 0 Å². The number of nitrogens with zero attached hydrogens (tertiary/aromatic N) is 3. The Morgan fingerprint density at radius 3 is 2.54 bits per heavy atom. The molecule has 28 heavy (non-hydrogen) atoms. The third-order valence-electron chi connectivity index (χ3n) is 4.90. The molecule has 2 heterocycles. The number of hydrogen-bond donors (Lipinski definition) is 2. The second-order valence-corrected chi connectivity index (χ2v) is 8.45. The topological polar surface area (TPSA) is 65.7 Å². The van der Waals surface area contributed by atoms with Crippen LogP contribution >= 0.6 is 24.0 Å². The number of aromatic nitrogens is 1. The van der Waals surface area contributed by atoms with Gasteiger partial charge in [0.25, 0.3) is 0 Å². The molecule has 0 saturated carbocycles. The Bertz CT molecular complexity index is 561. The van der Waals surface area contributed by atoms with Gasteiger partial charge in [-0.3, -0.25) is 0 Å². The molecule has 0 spiro atoms. The highest BCUT2D eigenvalue weighted by atomic mass is 127. The number of piperidine rings is 1. The minimum atomic E-state index is -0.0219. The standard InChI is InChI=1S/C21H39N5O.HI/c1-5-22-20(25-17-19-24-16-18(27-19)21(2,3)4)23-12-8-6-9-13-26-14-10-7-11-15-26;/h16H,5-15,17H2,1-4H3,(H2,22,23,25);1H. The molecule has 1 aromatic rings. The molecular formula is C21H40IN5O. The van der Waals surface area contributed by atoms with Gasteiger partial charge in [0.2, 0.25) is 5.89 Å². The van der Waals surface area contributed by atoms with E-state index in [1.807, 2.05) is 6.20 Å². The largest absolute Gasteiger partial charge is 0.443 e. The number of oxazole rings is 1. The first kappa shape index (κ1) is 25.2. The Labute approximate surface area is 188 Å². The predicted molar refractivity (Wildman–Crippen MR) is 128 cm³/mol. The van der Waals surface area contributed by atoms with Crippen LogP contribution in [-0.2, 0) is 12.0 Å². The van der Waals surface area contributed by atoms with E-state index in [4.69, 9.17) is 4.42 Å². The van der Waals surface area contributed by atoms with Crippen LogP contribution in [0.2, 0.25) is 0 Å². The van der Waals surface area contributed by atoms with Gasteiger partial charge in [0.05, 0.1) is 6.20 Å². The highest BCUT2D eigenvalue weighted by Crippen LogP contribution is 2.22. The quantitative estimate of drug-likeness (QED) is 0.227. The third kappa shape index (κ3) is 9.58. The lowest BCUT2D eigenvalue weighted by Gasteiger charge is -2.26. The summed E-state index contributed by atoms with van der Waals surface area (Å²) < 4.78 is 5.81. The molecule has 2 rings (SSSR count). The molecule has 6 nitrogen and oxygen atoms in total. The Hall–Kier alpha value is -0.830. The lowest BCUT2D eigenvalue weighted by Crippen LogP contribution is -2.37. The zero-order valence-corrected chi connectivity index (χ0v) is 20.6. The van der Waals surface area contributed by atoms with Crippen LogP contribution in [0.25, 0.3) is 0 Å². The predicted octanol–water partition coefficient (Wildman–Crippen LogP) is 4.30. The minimum absolute atomic E-state index is 0. The van der Waals surface area contributed by atoms with Crippen molar-refractivity contribution in [3.63, 3.8) is 0 Å². The second-order valence-electron chi connectivity index (χ2n) is 8.45. The number of unbranched alkanes of at least 4 members (excludes halogenated alkanes) is 2. The summed E-state index contributed by atoms with van der Waals surface area (Å²) >= 11 is 0. The molecule has 0 aliphatic carbocycles. The fourth-order valence-corrected chi connectivity index (χ4v) is 3.25. The molecule has 0 unspecified atom stereocenters. The van der Waals surface area contributed by atoms with Crippen LogP contribution in [0.1, 0.15) is 77.9 Å². The van der Waals surface area contributed by atoms with Gasteiger partial charge in [-0.05, 0) is 52.2 Å². The number of likely N-dealkylation sites (tertiary alicyclic amines) is 1. The summed E-state index contributed by atoms with van der Waals surface area (Å²) in [6, 6.07) is 0. The normalized spacial score (nSPS) is 15.9. The summed E-state index contributed by atoms with van der Waals surface area (Å²) in [6.45, 7) is 14.6. The van der Waals surface area contributed by atoms with Gasteiger partial charge in [0, 0.05) is 18.5 Å². The van der Waals surface area contributed by atoms with E-state index < -0.39 is 0 Å². The van der Waals surface area contributed by atoms with Crippen molar-refractivity contribution in [2.24, 2.45) is 4.99 Å². The van der Waals surface area contributed by atoms with Crippen molar-refractivity contribution in [3.05, 3.63) is 17.8 Å². The summed E-state index contributed by atoms with van der Waals surface area (Å²) in [5, 5.41) is 6.72. The molecule has 1 fully saturated rings. The van der Waals surface area contributed by atoms with E-state index in [1.165, 1.54) is 58.2 Å². The number of nitrogens with one attached hydrogen (secondary N) is 2. The average molecular weight is 505 g/mol. The molecular weight excluding hydrogens is 465 g/mol. The maximum absolute atomic E-state index is 5.81. The summed E-state index contributed by atoms with van der Waals surface area (Å²) in [5.41, 5.74) is -0.0219. The van der Waals surface area contributed by atoms with Gasteiger partial charge >= 0.3 is 0 Å². The summed E-state index contributed by atoms with van der Waals surface area (Å²) in [6.07, 6.45) is 9.72. The first-order chi connectivity index (χ1) is 13.0. The Kier molecular flexibility index (Phi) is 12.1. The van der Waals surface area contributed by atoms with Crippen LogP contribution < -0.4 is 10.6 Å². The van der Waals surface area contributed by atoms with Gasteiger partial charge in [0.1, 0.15) is 12.3 Å². The van der Waals surface area contributed by atoms with Crippen molar-refractivity contribution in [1.82, 2.24) is 20.5 Å². The van der Waals surface area contributed by atoms with Crippen molar-refractivity contribution in [3.8, 4) is 0 Å². The van der Waals surface area contributed by atoms with Crippen LogP contribution in [0.4, 0.5) is 0 Å². The first-order valence-electron chi connectivity index (χ1n) is 10.7. The highest BCUT2D eigenvalue weighted by molar-refractivity contribution is 14.0. The molecule has 162 valence electrons. The molecule has 1 aliphatic heterocycles.